The zero-order valence-corrected chi connectivity index (χ0v) is 9.59. The molecular weight excluding hydrogens is 184 g/mol. The molecule has 0 amide bonds. The second-order valence-corrected chi connectivity index (χ2v) is 4.33. The first-order valence-corrected chi connectivity index (χ1v) is 5.79. The summed E-state index contributed by atoms with van der Waals surface area (Å²) in [5.74, 6) is 0. The van der Waals surface area contributed by atoms with Crippen LogP contribution in [0.1, 0.15) is 30.0 Å². The molecule has 1 aromatic carbocycles. The maximum absolute atomic E-state index is 3.57. The van der Waals surface area contributed by atoms with Gasteiger partial charge < -0.3 is 10.6 Å². The molecular formula is C13H20N2. The fraction of sp³-hybridized carbons (Fsp3) is 0.538. The van der Waals surface area contributed by atoms with Crippen LogP contribution in [-0.4, -0.2) is 19.6 Å². The van der Waals surface area contributed by atoms with Crippen LogP contribution in [0.15, 0.2) is 24.3 Å². The lowest BCUT2D eigenvalue weighted by Crippen LogP contribution is -2.36. The fourth-order valence-corrected chi connectivity index (χ4v) is 2.51. The minimum atomic E-state index is 0.452. The Morgan fingerprint density at radius 1 is 1.40 bits per heavy atom. The third kappa shape index (κ3) is 2.21. The van der Waals surface area contributed by atoms with Gasteiger partial charge in [-0.05, 0) is 44.5 Å². The Morgan fingerprint density at radius 3 is 2.80 bits per heavy atom. The van der Waals surface area contributed by atoms with Gasteiger partial charge in [-0.15, -0.1) is 0 Å². The number of nitrogens with one attached hydrogen (secondary N) is 2. The van der Waals surface area contributed by atoms with Crippen LogP contribution in [0.2, 0.25) is 0 Å². The Hall–Kier alpha value is -0.860. The minimum absolute atomic E-state index is 0.452. The predicted molar refractivity (Wildman–Crippen MR) is 64.0 cm³/mol. The molecule has 1 aliphatic heterocycles. The van der Waals surface area contributed by atoms with Gasteiger partial charge >= 0.3 is 0 Å². The summed E-state index contributed by atoms with van der Waals surface area (Å²) >= 11 is 0. The smallest absolute Gasteiger partial charge is 0.0476 e. The summed E-state index contributed by atoms with van der Waals surface area (Å²) in [5.41, 5.74) is 2.81. The van der Waals surface area contributed by atoms with Gasteiger partial charge in [-0.3, -0.25) is 0 Å². The topological polar surface area (TPSA) is 24.1 Å². The number of aryl methyl sites for hydroxylation is 1. The monoisotopic (exact) mass is 204 g/mol. The van der Waals surface area contributed by atoms with Crippen molar-refractivity contribution in [3.8, 4) is 0 Å². The van der Waals surface area contributed by atoms with E-state index in [1.165, 1.54) is 24.0 Å². The highest BCUT2D eigenvalue weighted by Crippen LogP contribution is 2.24. The molecule has 0 bridgehead atoms. The highest BCUT2D eigenvalue weighted by Gasteiger charge is 2.25. The zero-order valence-electron chi connectivity index (χ0n) is 9.59. The van der Waals surface area contributed by atoms with Gasteiger partial charge in [-0.2, -0.15) is 0 Å². The molecule has 15 heavy (non-hydrogen) atoms. The van der Waals surface area contributed by atoms with Gasteiger partial charge in [0.2, 0.25) is 0 Å². The van der Waals surface area contributed by atoms with Crippen LogP contribution in [-0.2, 0) is 0 Å². The summed E-state index contributed by atoms with van der Waals surface area (Å²) in [6.07, 6.45) is 2.58. The third-order valence-electron chi connectivity index (χ3n) is 3.34. The van der Waals surface area contributed by atoms with E-state index in [2.05, 4.69) is 48.9 Å². The van der Waals surface area contributed by atoms with Crippen molar-refractivity contribution in [3.63, 3.8) is 0 Å². The van der Waals surface area contributed by atoms with Crippen LogP contribution in [0.25, 0.3) is 0 Å². The summed E-state index contributed by atoms with van der Waals surface area (Å²) in [6, 6.07) is 9.70. The van der Waals surface area contributed by atoms with E-state index in [0.29, 0.717) is 12.1 Å². The molecule has 2 nitrogen and oxygen atoms in total. The third-order valence-corrected chi connectivity index (χ3v) is 3.34. The molecule has 1 aromatic rings. The number of benzene rings is 1. The SMILES string of the molecule is CNC(c1ccccc1C)C1CCCN1. The molecule has 1 aliphatic rings. The highest BCUT2D eigenvalue weighted by atomic mass is 15.0. The van der Waals surface area contributed by atoms with Gasteiger partial charge in [0.25, 0.3) is 0 Å². The van der Waals surface area contributed by atoms with Crippen molar-refractivity contribution in [3.05, 3.63) is 35.4 Å². The van der Waals surface area contributed by atoms with Gasteiger partial charge in [0.05, 0.1) is 0 Å². The molecule has 82 valence electrons. The van der Waals surface area contributed by atoms with E-state index in [1.54, 1.807) is 0 Å². The van der Waals surface area contributed by atoms with E-state index in [1.807, 2.05) is 0 Å². The van der Waals surface area contributed by atoms with Gasteiger partial charge in [0.1, 0.15) is 0 Å². The van der Waals surface area contributed by atoms with Crippen molar-refractivity contribution in [2.75, 3.05) is 13.6 Å². The van der Waals surface area contributed by atoms with Crippen molar-refractivity contribution in [2.45, 2.75) is 31.8 Å². The largest absolute Gasteiger partial charge is 0.312 e. The Labute approximate surface area is 92.1 Å². The molecule has 2 rings (SSSR count). The van der Waals surface area contributed by atoms with E-state index in [-0.39, 0.29) is 0 Å². The highest BCUT2D eigenvalue weighted by molar-refractivity contribution is 5.30. The van der Waals surface area contributed by atoms with E-state index in [0.717, 1.165) is 6.54 Å². The van der Waals surface area contributed by atoms with Crippen LogP contribution in [0.3, 0.4) is 0 Å². The van der Waals surface area contributed by atoms with Crippen molar-refractivity contribution < 1.29 is 0 Å². The van der Waals surface area contributed by atoms with Crippen molar-refractivity contribution in [2.24, 2.45) is 0 Å². The molecule has 0 radical (unpaired) electrons. The van der Waals surface area contributed by atoms with Crippen LogP contribution in [0.5, 0.6) is 0 Å². The standard InChI is InChI=1S/C13H20N2/c1-10-6-3-4-7-11(10)13(14-2)12-8-5-9-15-12/h3-4,6-7,12-15H,5,8-9H2,1-2H3. The Bertz CT molecular complexity index is 316. The van der Waals surface area contributed by atoms with Crippen molar-refractivity contribution >= 4 is 0 Å². The minimum Gasteiger partial charge on any atom is -0.312 e. The Morgan fingerprint density at radius 2 is 2.20 bits per heavy atom. The first-order chi connectivity index (χ1) is 7.33. The van der Waals surface area contributed by atoms with Crippen molar-refractivity contribution in [1.82, 2.24) is 10.6 Å². The summed E-state index contributed by atoms with van der Waals surface area (Å²) in [5, 5.41) is 7.01. The first-order valence-electron chi connectivity index (χ1n) is 5.79. The maximum atomic E-state index is 3.57. The molecule has 0 aliphatic carbocycles. The predicted octanol–water partition coefficient (Wildman–Crippen LogP) is 2.01. The number of rotatable bonds is 3. The lowest BCUT2D eigenvalue weighted by atomic mass is 9.94. The molecule has 1 fully saturated rings. The van der Waals surface area contributed by atoms with Crippen LogP contribution >= 0.6 is 0 Å². The van der Waals surface area contributed by atoms with E-state index in [4.69, 9.17) is 0 Å². The zero-order chi connectivity index (χ0) is 10.7. The number of hydrogen-bond acceptors (Lipinski definition) is 2. The second-order valence-electron chi connectivity index (χ2n) is 4.33. The molecule has 1 saturated heterocycles. The summed E-state index contributed by atoms with van der Waals surface area (Å²) < 4.78 is 0. The lowest BCUT2D eigenvalue weighted by molar-refractivity contribution is 0.439. The average Bonchev–Trinajstić information content (AvgIpc) is 2.75. The van der Waals surface area contributed by atoms with Crippen LogP contribution in [0, 0.1) is 6.92 Å². The average molecular weight is 204 g/mol. The molecule has 0 aromatic heterocycles. The number of likely N-dealkylation sites (N-methyl/N-ethyl adjacent to an activating group) is 1. The quantitative estimate of drug-likeness (QED) is 0.787. The second kappa shape index (κ2) is 4.77. The van der Waals surface area contributed by atoms with Crippen molar-refractivity contribution in [1.29, 1.82) is 0 Å². The van der Waals surface area contributed by atoms with Gasteiger partial charge in [0, 0.05) is 12.1 Å². The molecule has 0 saturated carbocycles. The molecule has 0 spiro atoms. The molecule has 1 heterocycles. The molecule has 2 unspecified atom stereocenters. The number of hydrogen-bond donors (Lipinski definition) is 2. The summed E-state index contributed by atoms with van der Waals surface area (Å²) in [6.45, 7) is 3.35. The molecule has 2 atom stereocenters. The molecule has 2 heteroatoms. The Balaban J connectivity index is 2.22. The Kier molecular flexibility index (Phi) is 3.39. The van der Waals surface area contributed by atoms with E-state index >= 15 is 0 Å². The fourth-order valence-electron chi connectivity index (χ4n) is 2.51. The van der Waals surface area contributed by atoms with E-state index in [9.17, 15) is 0 Å². The summed E-state index contributed by atoms with van der Waals surface area (Å²) in [4.78, 5) is 0. The maximum Gasteiger partial charge on any atom is 0.0476 e. The van der Waals surface area contributed by atoms with E-state index < -0.39 is 0 Å². The van der Waals surface area contributed by atoms with Gasteiger partial charge in [0.15, 0.2) is 0 Å². The first kappa shape index (κ1) is 10.7. The normalized spacial score (nSPS) is 22.9. The van der Waals surface area contributed by atoms with Gasteiger partial charge in [-0.1, -0.05) is 24.3 Å². The van der Waals surface area contributed by atoms with Crippen LogP contribution < -0.4 is 10.6 Å². The molecule has 2 N–H and O–H groups in total. The van der Waals surface area contributed by atoms with Gasteiger partial charge in [-0.25, -0.2) is 0 Å². The van der Waals surface area contributed by atoms with Crippen LogP contribution in [0.4, 0.5) is 0 Å². The lowest BCUT2D eigenvalue weighted by Gasteiger charge is -2.25. The summed E-state index contributed by atoms with van der Waals surface area (Å²) in [7, 11) is 2.05.